The van der Waals surface area contributed by atoms with Crippen molar-refractivity contribution in [3.8, 4) is 0 Å². The first-order valence-corrected chi connectivity index (χ1v) is 4.95. The van der Waals surface area contributed by atoms with Gasteiger partial charge in [0.2, 0.25) is 0 Å². The molecule has 1 aliphatic carbocycles. The minimum Gasteiger partial charge on any atom is -0.0767 e. The molecule has 0 fully saturated rings. The van der Waals surface area contributed by atoms with Crippen molar-refractivity contribution < 1.29 is 0 Å². The van der Waals surface area contributed by atoms with Gasteiger partial charge in [0, 0.05) is 10.2 Å². The number of rotatable bonds is 1. The molecule has 3 radical (unpaired) electrons. The fourth-order valence-electron chi connectivity index (χ4n) is 1.68. The number of hydrogen-bond acceptors (Lipinski definition) is 0. The molecule has 0 aliphatic heterocycles. The maximum atomic E-state index is 3.56. The molecule has 0 bridgehead atoms. The number of hydrogen-bond donors (Lipinski definition) is 0. The summed E-state index contributed by atoms with van der Waals surface area (Å²) in [5, 5.41) is 0. The molecule has 0 spiro atoms. The first-order chi connectivity index (χ1) is 5.81. The zero-order valence-electron chi connectivity index (χ0n) is 7.17. The molecule has 0 amide bonds. The second-order valence-corrected chi connectivity index (χ2v) is 3.71. The van der Waals surface area contributed by atoms with Crippen molar-refractivity contribution in [3.63, 3.8) is 0 Å². The Bertz CT molecular complexity index is 326. The summed E-state index contributed by atoms with van der Waals surface area (Å²) in [7, 11) is 3.56. The van der Waals surface area contributed by atoms with E-state index < -0.39 is 0 Å². The summed E-state index contributed by atoms with van der Waals surface area (Å²) in [5.41, 5.74) is 4.18. The van der Waals surface area contributed by atoms with E-state index in [1.54, 1.807) is 0 Å². The lowest BCUT2D eigenvalue weighted by atomic mass is 10.0. The topological polar surface area (TPSA) is 0 Å². The Labute approximate surface area is 76.7 Å². The van der Waals surface area contributed by atoms with Gasteiger partial charge in [-0.25, -0.2) is 0 Å². The van der Waals surface area contributed by atoms with Gasteiger partial charge in [0.25, 0.3) is 0 Å². The normalized spacial score (nSPS) is 19.7. The minimum absolute atomic E-state index is 0.581. The number of aryl methyl sites for hydroxylation is 1. The third kappa shape index (κ3) is 1.14. The van der Waals surface area contributed by atoms with Crippen LogP contribution >= 0.6 is 0 Å². The molecule has 0 N–H and O–H groups in total. The van der Waals surface area contributed by atoms with Gasteiger partial charge in [-0.2, -0.15) is 0 Å². The van der Waals surface area contributed by atoms with Crippen LogP contribution in [0.3, 0.4) is 0 Å². The SMILES string of the molecule is Cc1ccc2c(c1)C=CC2C[Si]. The van der Waals surface area contributed by atoms with Gasteiger partial charge in [-0.15, -0.1) is 0 Å². The molecule has 1 aromatic carbocycles. The molecular formula is C11H11Si. The lowest BCUT2D eigenvalue weighted by molar-refractivity contribution is 0.984. The standard InChI is InChI=1S/C11H11Si/c1-8-2-5-11-9(6-8)3-4-10(11)7-12/h2-6,10H,7H2,1H3. The molecule has 0 aromatic heterocycles. The van der Waals surface area contributed by atoms with E-state index in [1.165, 1.54) is 16.7 Å². The van der Waals surface area contributed by atoms with Gasteiger partial charge < -0.3 is 0 Å². The van der Waals surface area contributed by atoms with E-state index in [0.717, 1.165) is 6.04 Å². The Kier molecular flexibility index (Phi) is 1.89. The Morgan fingerprint density at radius 3 is 3.00 bits per heavy atom. The van der Waals surface area contributed by atoms with Crippen molar-refractivity contribution >= 4 is 16.3 Å². The van der Waals surface area contributed by atoms with E-state index in [1.807, 2.05) is 0 Å². The molecule has 0 heterocycles. The summed E-state index contributed by atoms with van der Waals surface area (Å²) in [5.74, 6) is 0.581. The van der Waals surface area contributed by atoms with Crippen LogP contribution in [0.15, 0.2) is 24.3 Å². The molecule has 1 unspecified atom stereocenters. The number of allylic oxidation sites excluding steroid dienone is 1. The van der Waals surface area contributed by atoms with Crippen LogP contribution in [0.1, 0.15) is 22.6 Å². The minimum atomic E-state index is 0.581. The predicted molar refractivity (Wildman–Crippen MR) is 53.5 cm³/mol. The van der Waals surface area contributed by atoms with Crippen LogP contribution in [0.2, 0.25) is 6.04 Å². The van der Waals surface area contributed by atoms with E-state index in [0.29, 0.717) is 5.92 Å². The maximum Gasteiger partial charge on any atom is 0.0233 e. The van der Waals surface area contributed by atoms with Gasteiger partial charge >= 0.3 is 0 Å². The molecule has 1 atom stereocenters. The van der Waals surface area contributed by atoms with Gasteiger partial charge in [-0.1, -0.05) is 42.0 Å². The van der Waals surface area contributed by atoms with E-state index in [9.17, 15) is 0 Å². The van der Waals surface area contributed by atoms with Crippen LogP contribution in [0.5, 0.6) is 0 Å². The molecule has 1 aliphatic rings. The molecule has 0 nitrogen and oxygen atoms in total. The summed E-state index contributed by atoms with van der Waals surface area (Å²) in [4.78, 5) is 0. The summed E-state index contributed by atoms with van der Waals surface area (Å²) in [6, 6.07) is 7.68. The van der Waals surface area contributed by atoms with E-state index in [4.69, 9.17) is 0 Å². The van der Waals surface area contributed by atoms with Gasteiger partial charge in [0.15, 0.2) is 0 Å². The highest BCUT2D eigenvalue weighted by molar-refractivity contribution is 6.09. The lowest BCUT2D eigenvalue weighted by Gasteiger charge is -2.07. The Morgan fingerprint density at radius 2 is 2.25 bits per heavy atom. The third-order valence-electron chi connectivity index (χ3n) is 2.37. The molecular weight excluding hydrogens is 160 g/mol. The van der Waals surface area contributed by atoms with Crippen molar-refractivity contribution in [2.75, 3.05) is 0 Å². The van der Waals surface area contributed by atoms with Gasteiger partial charge in [0.05, 0.1) is 0 Å². The molecule has 0 saturated carbocycles. The highest BCUT2D eigenvalue weighted by Gasteiger charge is 2.14. The second-order valence-electron chi connectivity index (χ2n) is 3.30. The second kappa shape index (κ2) is 2.90. The van der Waals surface area contributed by atoms with Crippen molar-refractivity contribution in [1.82, 2.24) is 0 Å². The van der Waals surface area contributed by atoms with E-state index in [-0.39, 0.29) is 0 Å². The summed E-state index contributed by atoms with van der Waals surface area (Å²) >= 11 is 0. The monoisotopic (exact) mass is 171 g/mol. The Morgan fingerprint density at radius 1 is 1.42 bits per heavy atom. The summed E-state index contributed by atoms with van der Waals surface area (Å²) < 4.78 is 0. The van der Waals surface area contributed by atoms with Crippen molar-refractivity contribution in [3.05, 3.63) is 41.0 Å². The van der Waals surface area contributed by atoms with Crippen LogP contribution in [-0.4, -0.2) is 10.2 Å². The van der Waals surface area contributed by atoms with Crippen LogP contribution in [-0.2, 0) is 0 Å². The first-order valence-electron chi connectivity index (χ1n) is 4.24. The average Bonchev–Trinajstić information content (AvgIpc) is 2.46. The molecule has 0 saturated heterocycles. The number of benzene rings is 1. The third-order valence-corrected chi connectivity index (χ3v) is 2.81. The highest BCUT2D eigenvalue weighted by Crippen LogP contribution is 2.32. The van der Waals surface area contributed by atoms with Gasteiger partial charge in [-0.3, -0.25) is 0 Å². The largest absolute Gasteiger partial charge is 0.0767 e. The molecule has 59 valence electrons. The predicted octanol–water partition coefficient (Wildman–Crippen LogP) is 2.69. The van der Waals surface area contributed by atoms with Gasteiger partial charge in [-0.05, 0) is 24.0 Å². The molecule has 1 aromatic rings. The zero-order chi connectivity index (χ0) is 8.55. The fraction of sp³-hybridized carbons (Fsp3) is 0.273. The Balaban J connectivity index is 2.47. The average molecular weight is 171 g/mol. The lowest BCUT2D eigenvalue weighted by Crippen LogP contribution is -1.91. The van der Waals surface area contributed by atoms with E-state index >= 15 is 0 Å². The van der Waals surface area contributed by atoms with Crippen LogP contribution in [0.25, 0.3) is 6.08 Å². The highest BCUT2D eigenvalue weighted by atomic mass is 28.1. The van der Waals surface area contributed by atoms with Crippen LogP contribution < -0.4 is 0 Å². The van der Waals surface area contributed by atoms with Crippen LogP contribution in [0, 0.1) is 6.92 Å². The molecule has 1 heteroatoms. The molecule has 12 heavy (non-hydrogen) atoms. The summed E-state index contributed by atoms with van der Waals surface area (Å²) in [6.07, 6.45) is 4.48. The quantitative estimate of drug-likeness (QED) is 0.570. The van der Waals surface area contributed by atoms with Crippen molar-refractivity contribution in [1.29, 1.82) is 0 Å². The molecule has 2 rings (SSSR count). The smallest absolute Gasteiger partial charge is 0.0233 e. The Hall–Kier alpha value is -0.823. The maximum absolute atomic E-state index is 3.56. The fourth-order valence-corrected chi connectivity index (χ4v) is 2.03. The first kappa shape index (κ1) is 7.81. The summed E-state index contributed by atoms with van der Waals surface area (Å²) in [6.45, 7) is 2.13. The van der Waals surface area contributed by atoms with E-state index in [2.05, 4.69) is 47.5 Å². The number of fused-ring (bicyclic) bond motifs is 1. The van der Waals surface area contributed by atoms with Gasteiger partial charge in [0.1, 0.15) is 0 Å². The van der Waals surface area contributed by atoms with Crippen molar-refractivity contribution in [2.24, 2.45) is 0 Å². The van der Waals surface area contributed by atoms with Crippen molar-refractivity contribution in [2.45, 2.75) is 18.9 Å². The van der Waals surface area contributed by atoms with Crippen LogP contribution in [0.4, 0.5) is 0 Å². The zero-order valence-corrected chi connectivity index (χ0v) is 8.17.